The van der Waals surface area contributed by atoms with Gasteiger partial charge in [-0.25, -0.2) is 8.42 Å². The van der Waals surface area contributed by atoms with E-state index in [1.807, 2.05) is 30.7 Å². The predicted octanol–water partition coefficient (Wildman–Crippen LogP) is 2.82. The molecule has 1 amide bonds. The number of benzene rings is 1. The molecule has 8 nitrogen and oxygen atoms in total. The van der Waals surface area contributed by atoms with Gasteiger partial charge in [0.25, 0.3) is 0 Å². The number of methoxy groups -OCH3 is 1. The van der Waals surface area contributed by atoms with Gasteiger partial charge in [-0.1, -0.05) is 0 Å². The number of hydrogen-bond donors (Lipinski definition) is 0. The Morgan fingerprint density at radius 3 is 2.81 bits per heavy atom. The summed E-state index contributed by atoms with van der Waals surface area (Å²) in [5.74, 6) is 0.999. The first-order chi connectivity index (χ1) is 14.7. The smallest absolute Gasteiger partial charge is 0.227 e. The summed E-state index contributed by atoms with van der Waals surface area (Å²) in [6, 6.07) is 5.42. The Labute approximate surface area is 181 Å². The van der Waals surface area contributed by atoms with E-state index in [0.717, 1.165) is 27.9 Å². The van der Waals surface area contributed by atoms with Crippen LogP contribution in [0.2, 0.25) is 0 Å². The van der Waals surface area contributed by atoms with Crippen molar-refractivity contribution in [3.63, 3.8) is 0 Å². The van der Waals surface area contributed by atoms with Crippen LogP contribution >= 0.6 is 0 Å². The molecule has 1 aliphatic rings. The van der Waals surface area contributed by atoms with Gasteiger partial charge in [-0.2, -0.15) is 5.10 Å². The Morgan fingerprint density at radius 1 is 1.35 bits per heavy atom. The number of ether oxygens (including phenoxy) is 1. The number of nitrogens with zero attached hydrogens (tertiary/aromatic N) is 3. The van der Waals surface area contributed by atoms with Crippen LogP contribution in [0.25, 0.3) is 11.0 Å². The second kappa shape index (κ2) is 8.03. The number of amides is 1. The van der Waals surface area contributed by atoms with Crippen LogP contribution in [-0.4, -0.2) is 54.7 Å². The number of aryl methyl sites for hydroxylation is 1. The summed E-state index contributed by atoms with van der Waals surface area (Å²) in [7, 11) is 0.372. The van der Waals surface area contributed by atoms with Gasteiger partial charge in [-0.3, -0.25) is 9.48 Å². The third-order valence-corrected chi connectivity index (χ3v) is 7.81. The average molecular weight is 446 g/mol. The quantitative estimate of drug-likeness (QED) is 0.579. The molecular formula is C22H27N3O5S. The van der Waals surface area contributed by atoms with E-state index in [4.69, 9.17) is 9.15 Å². The van der Waals surface area contributed by atoms with Crippen molar-refractivity contribution in [3.8, 4) is 5.75 Å². The summed E-state index contributed by atoms with van der Waals surface area (Å²) in [4.78, 5) is 14.6. The number of likely N-dealkylation sites (N-methyl/N-ethyl adjacent to an activating group) is 1. The predicted molar refractivity (Wildman–Crippen MR) is 117 cm³/mol. The van der Waals surface area contributed by atoms with Crippen molar-refractivity contribution in [2.45, 2.75) is 39.3 Å². The minimum Gasteiger partial charge on any atom is -0.497 e. The second-order valence-corrected chi connectivity index (χ2v) is 10.4. The lowest BCUT2D eigenvalue weighted by Gasteiger charge is -2.18. The molecule has 4 rings (SSSR count). The van der Waals surface area contributed by atoms with E-state index in [-0.39, 0.29) is 29.9 Å². The fraction of sp³-hybridized carbons (Fsp3) is 0.455. The van der Waals surface area contributed by atoms with Crippen LogP contribution in [0, 0.1) is 13.8 Å². The molecule has 1 fully saturated rings. The minimum absolute atomic E-state index is 0.0338. The Bertz CT molecular complexity index is 1240. The molecule has 1 unspecified atom stereocenters. The monoisotopic (exact) mass is 445 g/mol. The summed E-state index contributed by atoms with van der Waals surface area (Å²) in [6.45, 7) is 4.26. The maximum atomic E-state index is 12.9. The van der Waals surface area contributed by atoms with E-state index >= 15 is 0 Å². The average Bonchev–Trinajstić information content (AvgIpc) is 3.38. The van der Waals surface area contributed by atoms with E-state index in [1.54, 1.807) is 31.4 Å². The molecule has 9 heteroatoms. The lowest BCUT2D eigenvalue weighted by molar-refractivity contribution is -0.129. The Kier molecular flexibility index (Phi) is 5.55. The van der Waals surface area contributed by atoms with Gasteiger partial charge in [0.05, 0.1) is 43.0 Å². The van der Waals surface area contributed by atoms with E-state index < -0.39 is 9.84 Å². The van der Waals surface area contributed by atoms with Crippen molar-refractivity contribution in [1.29, 1.82) is 0 Å². The molecule has 3 aromatic rings. The van der Waals surface area contributed by atoms with Crippen molar-refractivity contribution >= 4 is 26.7 Å². The largest absolute Gasteiger partial charge is 0.497 e. The maximum absolute atomic E-state index is 12.9. The zero-order chi connectivity index (χ0) is 22.3. The molecular weight excluding hydrogens is 418 g/mol. The van der Waals surface area contributed by atoms with E-state index in [0.29, 0.717) is 24.3 Å². The summed E-state index contributed by atoms with van der Waals surface area (Å²) in [5.41, 5.74) is 4.21. The van der Waals surface area contributed by atoms with Crippen LogP contribution in [0.15, 0.2) is 28.9 Å². The maximum Gasteiger partial charge on any atom is 0.227 e. The Morgan fingerprint density at radius 2 is 2.13 bits per heavy atom. The zero-order valence-corrected chi connectivity index (χ0v) is 19.0. The van der Waals surface area contributed by atoms with Crippen molar-refractivity contribution in [2.24, 2.45) is 0 Å². The molecule has 0 radical (unpaired) electrons. The summed E-state index contributed by atoms with van der Waals surface area (Å²) >= 11 is 0. The fourth-order valence-corrected chi connectivity index (χ4v) is 5.89. The molecule has 2 aromatic heterocycles. The van der Waals surface area contributed by atoms with Gasteiger partial charge in [0.15, 0.2) is 9.84 Å². The number of carbonyl (C=O) groups is 1. The van der Waals surface area contributed by atoms with Crippen LogP contribution < -0.4 is 4.74 Å². The molecule has 0 bridgehead atoms. The van der Waals surface area contributed by atoms with Crippen molar-refractivity contribution in [2.75, 3.05) is 25.7 Å². The SMILES string of the molecule is COc1ccc2c(CC(=O)N(C)Cc3c(C)nn(C4CCS(=O)(=O)C4)c3C)coc2c1. The number of rotatable bonds is 6. The zero-order valence-electron chi connectivity index (χ0n) is 18.2. The molecule has 1 aromatic carbocycles. The van der Waals surface area contributed by atoms with Gasteiger partial charge in [-0.15, -0.1) is 0 Å². The number of sulfone groups is 1. The van der Waals surface area contributed by atoms with Gasteiger partial charge in [0, 0.05) is 41.9 Å². The van der Waals surface area contributed by atoms with Crippen LogP contribution in [0.3, 0.4) is 0 Å². The van der Waals surface area contributed by atoms with Crippen molar-refractivity contribution < 1.29 is 22.4 Å². The highest BCUT2D eigenvalue weighted by Gasteiger charge is 2.31. The molecule has 0 aliphatic carbocycles. The first-order valence-corrected chi connectivity index (χ1v) is 12.0. The van der Waals surface area contributed by atoms with Crippen LogP contribution in [0.5, 0.6) is 5.75 Å². The summed E-state index contributed by atoms with van der Waals surface area (Å²) in [5, 5.41) is 5.48. The summed E-state index contributed by atoms with van der Waals surface area (Å²) in [6.07, 6.45) is 2.42. The first kappa shape index (κ1) is 21.4. The number of fused-ring (bicyclic) bond motifs is 1. The molecule has 31 heavy (non-hydrogen) atoms. The fourth-order valence-electron chi connectivity index (χ4n) is 4.20. The van der Waals surface area contributed by atoms with Crippen LogP contribution in [0.4, 0.5) is 0 Å². The summed E-state index contributed by atoms with van der Waals surface area (Å²) < 4.78 is 36.3. The third-order valence-electron chi connectivity index (χ3n) is 6.05. The van der Waals surface area contributed by atoms with Crippen molar-refractivity contribution in [3.05, 3.63) is 47.0 Å². The molecule has 166 valence electrons. The van der Waals surface area contributed by atoms with Gasteiger partial charge in [0.1, 0.15) is 11.3 Å². The van der Waals surface area contributed by atoms with Crippen LogP contribution in [-0.2, 0) is 27.6 Å². The molecule has 0 spiro atoms. The number of hydrogen-bond acceptors (Lipinski definition) is 6. The molecule has 0 saturated carbocycles. The van der Waals surface area contributed by atoms with E-state index in [9.17, 15) is 13.2 Å². The Balaban J connectivity index is 1.48. The highest BCUT2D eigenvalue weighted by Crippen LogP contribution is 2.28. The van der Waals surface area contributed by atoms with E-state index in [2.05, 4.69) is 5.10 Å². The number of aromatic nitrogens is 2. The Hall–Kier alpha value is -2.81. The first-order valence-electron chi connectivity index (χ1n) is 10.2. The number of carbonyl (C=O) groups excluding carboxylic acids is 1. The van der Waals surface area contributed by atoms with Gasteiger partial charge in [-0.05, 0) is 32.4 Å². The second-order valence-electron chi connectivity index (χ2n) is 8.20. The van der Waals surface area contributed by atoms with Crippen molar-refractivity contribution in [1.82, 2.24) is 14.7 Å². The molecule has 0 N–H and O–H groups in total. The minimum atomic E-state index is -2.99. The normalized spacial score (nSPS) is 17.9. The van der Waals surface area contributed by atoms with Gasteiger partial charge in [0.2, 0.25) is 5.91 Å². The topological polar surface area (TPSA) is 94.6 Å². The third kappa shape index (κ3) is 4.19. The lowest BCUT2D eigenvalue weighted by Crippen LogP contribution is -2.28. The van der Waals surface area contributed by atoms with Gasteiger partial charge >= 0.3 is 0 Å². The van der Waals surface area contributed by atoms with E-state index in [1.165, 1.54) is 0 Å². The molecule has 1 atom stereocenters. The van der Waals surface area contributed by atoms with Crippen LogP contribution in [0.1, 0.15) is 35.0 Å². The van der Waals surface area contributed by atoms with Gasteiger partial charge < -0.3 is 14.1 Å². The molecule has 1 saturated heterocycles. The number of furan rings is 1. The highest BCUT2D eigenvalue weighted by atomic mass is 32.2. The highest BCUT2D eigenvalue weighted by molar-refractivity contribution is 7.91. The molecule has 1 aliphatic heterocycles. The molecule has 3 heterocycles. The standard InChI is InChI=1S/C22H27N3O5S/c1-14-20(15(2)25(23-14)17-7-8-31(27,28)13-17)11-24(3)22(26)9-16-12-30-21-10-18(29-4)5-6-19(16)21/h5-6,10,12,17H,7-9,11,13H2,1-4H3. The lowest BCUT2D eigenvalue weighted by atomic mass is 10.1.